The third-order valence-electron chi connectivity index (χ3n) is 5.73. The monoisotopic (exact) mass is 331 g/mol. The highest BCUT2D eigenvalue weighted by atomic mass is 16.5. The van der Waals surface area contributed by atoms with Crippen LogP contribution in [-0.2, 0) is 11.3 Å². The number of H-pyrrole nitrogens is 1. The molecular weight excluding hydrogens is 310 g/mol. The molecule has 1 aliphatic heterocycles. The molecule has 0 unspecified atom stereocenters. The largest absolute Gasteiger partial charge is 0.369 e. The molecule has 1 aliphatic carbocycles. The summed E-state index contributed by atoms with van der Waals surface area (Å²) in [6, 6.07) is 14.8. The number of carbonyl (C=O) groups excluding carboxylic acids is 1. The van der Waals surface area contributed by atoms with Gasteiger partial charge in [0.05, 0.1) is 12.3 Å². The first-order valence-electron chi connectivity index (χ1n) is 9.16. The van der Waals surface area contributed by atoms with Crippen LogP contribution < -0.4 is 0 Å². The Bertz CT molecular complexity index is 946. The van der Waals surface area contributed by atoms with Crippen LogP contribution in [-0.4, -0.2) is 17.4 Å². The zero-order chi connectivity index (χ0) is 16.8. The number of rotatable bonds is 2. The summed E-state index contributed by atoms with van der Waals surface area (Å²) in [7, 11) is 0. The van der Waals surface area contributed by atoms with E-state index in [4.69, 9.17) is 4.74 Å². The molecule has 5 rings (SSSR count). The number of hydrogen-bond acceptors (Lipinski definition) is 2. The molecule has 0 bridgehead atoms. The molecule has 2 aromatic carbocycles. The number of aromatic amines is 1. The summed E-state index contributed by atoms with van der Waals surface area (Å²) in [6.07, 6.45) is 5.34. The minimum atomic E-state index is 0.0616. The van der Waals surface area contributed by atoms with Gasteiger partial charge in [-0.2, -0.15) is 0 Å². The summed E-state index contributed by atoms with van der Waals surface area (Å²) in [4.78, 5) is 15.8. The lowest BCUT2D eigenvalue weighted by Gasteiger charge is -2.10. The fourth-order valence-corrected chi connectivity index (χ4v) is 4.44. The van der Waals surface area contributed by atoms with Crippen LogP contribution in [0.15, 0.2) is 42.5 Å². The summed E-state index contributed by atoms with van der Waals surface area (Å²) in [5.74, 6) is 0.789. The van der Waals surface area contributed by atoms with E-state index in [1.807, 2.05) is 18.2 Å². The molecule has 0 saturated heterocycles. The molecule has 2 heterocycles. The van der Waals surface area contributed by atoms with Crippen molar-refractivity contribution in [2.45, 2.75) is 38.2 Å². The van der Waals surface area contributed by atoms with Gasteiger partial charge in [0.15, 0.2) is 5.78 Å². The van der Waals surface area contributed by atoms with Crippen LogP contribution in [0.5, 0.6) is 0 Å². The first-order valence-corrected chi connectivity index (χ1v) is 9.16. The average Bonchev–Trinajstić information content (AvgIpc) is 3.26. The molecule has 25 heavy (non-hydrogen) atoms. The molecule has 0 atom stereocenters. The third-order valence-corrected chi connectivity index (χ3v) is 5.73. The van der Waals surface area contributed by atoms with E-state index in [0.29, 0.717) is 6.61 Å². The maximum absolute atomic E-state index is 12.3. The average molecular weight is 331 g/mol. The molecule has 3 aromatic rings. The zero-order valence-corrected chi connectivity index (χ0v) is 14.2. The van der Waals surface area contributed by atoms with Crippen molar-refractivity contribution in [2.24, 2.45) is 0 Å². The number of nitrogens with one attached hydrogen (secondary N) is 1. The standard InChI is InChI=1S/C22H21NO2/c24-20-13-25-12-18-21-17(20)6-3-7-19(21)23-22(18)16-10-8-15(9-11-16)14-4-1-2-5-14/h3,6-11,14,23H,1-2,4-5,12-13H2. The summed E-state index contributed by atoms with van der Waals surface area (Å²) in [6.45, 7) is 0.635. The van der Waals surface area contributed by atoms with Gasteiger partial charge in [0.25, 0.3) is 0 Å². The third kappa shape index (κ3) is 2.42. The van der Waals surface area contributed by atoms with Gasteiger partial charge < -0.3 is 9.72 Å². The van der Waals surface area contributed by atoms with E-state index in [9.17, 15) is 4.79 Å². The van der Waals surface area contributed by atoms with E-state index in [0.717, 1.165) is 39.2 Å². The van der Waals surface area contributed by atoms with E-state index < -0.39 is 0 Å². The lowest BCUT2D eigenvalue weighted by atomic mass is 9.95. The van der Waals surface area contributed by atoms with Gasteiger partial charge in [0, 0.05) is 22.0 Å². The predicted molar refractivity (Wildman–Crippen MR) is 98.9 cm³/mol. The highest BCUT2D eigenvalue weighted by molar-refractivity contribution is 6.11. The zero-order valence-electron chi connectivity index (χ0n) is 14.2. The molecule has 2 aliphatic rings. The van der Waals surface area contributed by atoms with Crippen LogP contribution in [0.3, 0.4) is 0 Å². The second kappa shape index (κ2) is 5.85. The molecule has 1 aromatic heterocycles. The highest BCUT2D eigenvalue weighted by Crippen LogP contribution is 2.37. The second-order valence-electron chi connectivity index (χ2n) is 7.23. The van der Waals surface area contributed by atoms with E-state index in [2.05, 4.69) is 29.2 Å². The van der Waals surface area contributed by atoms with Gasteiger partial charge in [0.2, 0.25) is 0 Å². The van der Waals surface area contributed by atoms with Gasteiger partial charge in [-0.3, -0.25) is 4.79 Å². The maximum atomic E-state index is 12.3. The number of carbonyl (C=O) groups is 1. The normalized spacial score (nSPS) is 18.0. The molecule has 0 amide bonds. The Hall–Kier alpha value is -2.39. The van der Waals surface area contributed by atoms with Crippen LogP contribution in [0.2, 0.25) is 0 Å². The van der Waals surface area contributed by atoms with Crippen LogP contribution >= 0.6 is 0 Å². The number of ketones is 1. The molecule has 126 valence electrons. The Morgan fingerprint density at radius 1 is 0.960 bits per heavy atom. The predicted octanol–water partition coefficient (Wildman–Crippen LogP) is 5.21. The molecule has 3 heteroatoms. The Balaban J connectivity index is 1.62. The van der Waals surface area contributed by atoms with Gasteiger partial charge in [-0.1, -0.05) is 49.2 Å². The summed E-state index contributed by atoms with van der Waals surface area (Å²) >= 11 is 0. The molecule has 0 radical (unpaired) electrons. The Morgan fingerprint density at radius 2 is 1.76 bits per heavy atom. The first-order chi connectivity index (χ1) is 12.3. The van der Waals surface area contributed by atoms with Gasteiger partial charge in [-0.25, -0.2) is 0 Å². The van der Waals surface area contributed by atoms with Gasteiger partial charge in [0.1, 0.15) is 6.61 Å². The molecule has 1 saturated carbocycles. The van der Waals surface area contributed by atoms with Crippen molar-refractivity contribution in [1.29, 1.82) is 0 Å². The number of Topliss-reactive ketones (excluding diaryl/α,β-unsaturated/α-hetero) is 1. The van der Waals surface area contributed by atoms with Crippen molar-refractivity contribution >= 4 is 16.7 Å². The lowest BCUT2D eigenvalue weighted by Crippen LogP contribution is -2.05. The second-order valence-corrected chi connectivity index (χ2v) is 7.23. The highest BCUT2D eigenvalue weighted by Gasteiger charge is 2.23. The molecular formula is C22H21NO2. The van der Waals surface area contributed by atoms with Crippen LogP contribution in [0.1, 0.15) is 53.1 Å². The summed E-state index contributed by atoms with van der Waals surface area (Å²) in [5.41, 5.74) is 6.59. The van der Waals surface area contributed by atoms with Crippen molar-refractivity contribution in [3.05, 3.63) is 59.2 Å². The lowest BCUT2D eigenvalue weighted by molar-refractivity contribution is 0.0742. The quantitative estimate of drug-likeness (QED) is 0.701. The Labute approximate surface area is 147 Å². The van der Waals surface area contributed by atoms with Crippen molar-refractivity contribution in [3.8, 4) is 11.3 Å². The fraction of sp³-hybridized carbons (Fsp3) is 0.318. The summed E-state index contributed by atoms with van der Waals surface area (Å²) in [5, 5.41) is 1.03. The molecule has 1 fully saturated rings. The van der Waals surface area contributed by atoms with E-state index in [1.54, 1.807) is 0 Å². The topological polar surface area (TPSA) is 42.1 Å². The molecule has 1 N–H and O–H groups in total. The van der Waals surface area contributed by atoms with E-state index in [1.165, 1.54) is 31.2 Å². The van der Waals surface area contributed by atoms with Gasteiger partial charge in [-0.15, -0.1) is 0 Å². The van der Waals surface area contributed by atoms with Crippen molar-refractivity contribution in [3.63, 3.8) is 0 Å². The minimum Gasteiger partial charge on any atom is -0.369 e. The maximum Gasteiger partial charge on any atom is 0.189 e. The van der Waals surface area contributed by atoms with Gasteiger partial charge in [-0.05, 0) is 36.0 Å². The Morgan fingerprint density at radius 3 is 2.56 bits per heavy atom. The number of ether oxygens (including phenoxy) is 1. The number of benzene rings is 2. The Kier molecular flexibility index (Phi) is 3.49. The van der Waals surface area contributed by atoms with Crippen molar-refractivity contribution in [2.75, 3.05) is 6.61 Å². The van der Waals surface area contributed by atoms with Crippen LogP contribution in [0, 0.1) is 0 Å². The van der Waals surface area contributed by atoms with E-state index in [-0.39, 0.29) is 12.4 Å². The van der Waals surface area contributed by atoms with Crippen molar-refractivity contribution < 1.29 is 9.53 Å². The number of hydrogen-bond donors (Lipinski definition) is 1. The van der Waals surface area contributed by atoms with Gasteiger partial charge >= 0.3 is 0 Å². The van der Waals surface area contributed by atoms with Crippen LogP contribution in [0.4, 0.5) is 0 Å². The van der Waals surface area contributed by atoms with Crippen molar-refractivity contribution in [1.82, 2.24) is 4.98 Å². The van der Waals surface area contributed by atoms with E-state index >= 15 is 0 Å². The molecule has 0 spiro atoms. The molecule has 3 nitrogen and oxygen atoms in total. The smallest absolute Gasteiger partial charge is 0.189 e. The number of aromatic nitrogens is 1. The fourth-order valence-electron chi connectivity index (χ4n) is 4.44. The first kappa shape index (κ1) is 14.9. The minimum absolute atomic E-state index is 0.0616. The summed E-state index contributed by atoms with van der Waals surface area (Å²) < 4.78 is 5.64. The van der Waals surface area contributed by atoms with Crippen LogP contribution in [0.25, 0.3) is 22.2 Å². The SMILES string of the molecule is O=C1COCc2c(-c3ccc(C4CCCC4)cc3)[nH]c3cccc1c23.